The summed E-state index contributed by atoms with van der Waals surface area (Å²) in [4.78, 5) is 8.46. The molecule has 0 spiro atoms. The minimum atomic E-state index is 0.390. The predicted octanol–water partition coefficient (Wildman–Crippen LogP) is 1.22. The Morgan fingerprint density at radius 2 is 2.56 bits per heavy atom. The van der Waals surface area contributed by atoms with Gasteiger partial charge in [0.2, 0.25) is 0 Å². The summed E-state index contributed by atoms with van der Waals surface area (Å²) in [5.74, 6) is 0. The minimum absolute atomic E-state index is 0.390. The zero-order valence-electron chi connectivity index (χ0n) is 5.66. The van der Waals surface area contributed by atoms with E-state index in [-0.39, 0.29) is 0 Å². The van der Waals surface area contributed by atoms with Crippen LogP contribution in [0.4, 0.5) is 0 Å². The zero-order valence-corrected chi connectivity index (χ0v) is 6.48. The van der Waals surface area contributed by atoms with Gasteiger partial charge < -0.3 is 0 Å². The van der Waals surface area contributed by atoms with Crippen molar-refractivity contribution in [3.8, 4) is 0 Å². The maximum Gasteiger partial charge on any atom is 0.108 e. The molecule has 0 amide bonds. The van der Waals surface area contributed by atoms with Crippen LogP contribution in [0.3, 0.4) is 0 Å². The van der Waals surface area contributed by atoms with Gasteiger partial charge in [0, 0.05) is 0 Å². The molecule has 0 bridgehead atoms. The van der Waals surface area contributed by atoms with Gasteiger partial charge in [0.25, 0.3) is 0 Å². The number of thioether (sulfide) groups is 1. The molecule has 0 aromatic rings. The predicted molar refractivity (Wildman–Crippen MR) is 43.8 cm³/mol. The Kier molecular flexibility index (Phi) is 2.28. The van der Waals surface area contributed by atoms with Crippen molar-refractivity contribution in [3.63, 3.8) is 0 Å². The van der Waals surface area contributed by atoms with Gasteiger partial charge in [-0.3, -0.25) is 9.98 Å². The number of nitrogens with zero attached hydrogens (tertiary/aromatic N) is 2. The lowest BCUT2D eigenvalue weighted by atomic mass is 10.3. The average Bonchev–Trinajstić information content (AvgIpc) is 1.90. The monoisotopic (exact) mass is 142 g/mol. The molecule has 0 saturated heterocycles. The van der Waals surface area contributed by atoms with Crippen LogP contribution in [0.2, 0.25) is 0 Å². The van der Waals surface area contributed by atoms with E-state index >= 15 is 0 Å². The summed E-state index contributed by atoms with van der Waals surface area (Å²) in [6, 6.07) is 0.390. The molecule has 1 rings (SSSR count). The second-order valence-electron chi connectivity index (χ2n) is 2.01. The van der Waals surface area contributed by atoms with Crippen molar-refractivity contribution in [2.75, 3.05) is 12.8 Å². The molecule has 50 valence electrons. The van der Waals surface area contributed by atoms with Gasteiger partial charge in [0.05, 0.1) is 18.8 Å². The number of hydrogen-bond acceptors (Lipinski definition) is 3. The first kappa shape index (κ1) is 6.81. The van der Waals surface area contributed by atoms with Crippen LogP contribution in [0.1, 0.15) is 6.92 Å². The van der Waals surface area contributed by atoms with E-state index in [1.54, 1.807) is 11.8 Å². The highest BCUT2D eigenvalue weighted by Crippen LogP contribution is 2.03. The summed E-state index contributed by atoms with van der Waals surface area (Å²) < 4.78 is 0. The Labute approximate surface area is 59.5 Å². The molecule has 1 heterocycles. The normalized spacial score (nSPS) is 26.0. The molecule has 1 aliphatic heterocycles. The highest BCUT2D eigenvalue weighted by Gasteiger charge is 2.02. The first-order valence-corrected chi connectivity index (χ1v) is 4.17. The van der Waals surface area contributed by atoms with Crippen molar-refractivity contribution in [1.29, 1.82) is 0 Å². The third-order valence-electron chi connectivity index (χ3n) is 1.16. The lowest BCUT2D eigenvalue weighted by Crippen LogP contribution is -2.12. The van der Waals surface area contributed by atoms with Crippen molar-refractivity contribution < 1.29 is 0 Å². The van der Waals surface area contributed by atoms with Gasteiger partial charge in [0.1, 0.15) is 5.04 Å². The Morgan fingerprint density at radius 1 is 1.78 bits per heavy atom. The van der Waals surface area contributed by atoms with E-state index in [2.05, 4.69) is 16.9 Å². The van der Waals surface area contributed by atoms with Crippen molar-refractivity contribution in [2.24, 2.45) is 9.98 Å². The molecule has 1 aliphatic rings. The number of aliphatic imine (C=N–C) groups is 2. The van der Waals surface area contributed by atoms with Crippen LogP contribution in [-0.4, -0.2) is 30.1 Å². The summed E-state index contributed by atoms with van der Waals surface area (Å²) >= 11 is 1.65. The Hall–Kier alpha value is -0.310. The Morgan fingerprint density at radius 3 is 3.00 bits per heavy atom. The van der Waals surface area contributed by atoms with Gasteiger partial charge in [-0.2, -0.15) is 0 Å². The molecule has 0 aromatic heterocycles. The Bertz CT molecular complexity index is 151. The van der Waals surface area contributed by atoms with Crippen molar-refractivity contribution in [2.45, 2.75) is 13.0 Å². The smallest absolute Gasteiger partial charge is 0.108 e. The highest BCUT2D eigenvalue weighted by molar-refractivity contribution is 8.14. The molecule has 0 radical (unpaired) electrons. The van der Waals surface area contributed by atoms with E-state index in [9.17, 15) is 0 Å². The van der Waals surface area contributed by atoms with Crippen LogP contribution in [0.5, 0.6) is 0 Å². The van der Waals surface area contributed by atoms with Gasteiger partial charge in [0.15, 0.2) is 0 Å². The summed E-state index contributed by atoms with van der Waals surface area (Å²) in [5.41, 5.74) is 0. The lowest BCUT2D eigenvalue weighted by Gasteiger charge is -2.07. The zero-order chi connectivity index (χ0) is 6.69. The summed E-state index contributed by atoms with van der Waals surface area (Å²) in [6.45, 7) is 2.92. The van der Waals surface area contributed by atoms with Gasteiger partial charge in [-0.05, 0) is 13.2 Å². The fourth-order valence-electron chi connectivity index (χ4n) is 0.618. The third-order valence-corrected chi connectivity index (χ3v) is 1.81. The second-order valence-corrected chi connectivity index (χ2v) is 2.84. The summed E-state index contributed by atoms with van der Waals surface area (Å²) in [6.07, 6.45) is 3.86. The summed E-state index contributed by atoms with van der Waals surface area (Å²) in [7, 11) is 0. The lowest BCUT2D eigenvalue weighted by molar-refractivity contribution is 0.755. The van der Waals surface area contributed by atoms with E-state index in [0.29, 0.717) is 6.04 Å². The minimum Gasteiger partial charge on any atom is -0.285 e. The molecule has 0 N–H and O–H groups in total. The highest BCUT2D eigenvalue weighted by atomic mass is 32.2. The molecule has 2 nitrogen and oxygen atoms in total. The first-order chi connectivity index (χ1) is 4.33. The number of hydrogen-bond donors (Lipinski definition) is 0. The van der Waals surface area contributed by atoms with E-state index < -0.39 is 0 Å². The van der Waals surface area contributed by atoms with Crippen LogP contribution in [0.25, 0.3) is 0 Å². The van der Waals surface area contributed by atoms with Crippen LogP contribution in [-0.2, 0) is 0 Å². The van der Waals surface area contributed by atoms with Crippen LogP contribution in [0.15, 0.2) is 9.98 Å². The van der Waals surface area contributed by atoms with Crippen LogP contribution in [0, 0.1) is 0 Å². The molecule has 0 saturated carbocycles. The van der Waals surface area contributed by atoms with Gasteiger partial charge in [-0.15, -0.1) is 11.8 Å². The molecule has 1 unspecified atom stereocenters. The van der Waals surface area contributed by atoms with E-state index in [1.165, 1.54) is 0 Å². The first-order valence-electron chi connectivity index (χ1n) is 2.94. The standard InChI is InChI=1S/C6H10N2S/c1-5-3-8-6(9-2)4-7-5/h4-5H,3H2,1-2H3. The van der Waals surface area contributed by atoms with Gasteiger partial charge in [-0.25, -0.2) is 0 Å². The maximum absolute atomic E-state index is 4.26. The SMILES string of the molecule is CSC1=NCC(C)N=C1. The molecule has 3 heteroatoms. The van der Waals surface area contributed by atoms with Gasteiger partial charge in [-0.1, -0.05) is 0 Å². The fourth-order valence-corrected chi connectivity index (χ4v) is 0.988. The second kappa shape index (κ2) is 3.01. The average molecular weight is 142 g/mol. The largest absolute Gasteiger partial charge is 0.285 e. The number of rotatable bonds is 0. The molecular weight excluding hydrogens is 132 g/mol. The molecule has 9 heavy (non-hydrogen) atoms. The van der Waals surface area contributed by atoms with Crippen molar-refractivity contribution in [3.05, 3.63) is 0 Å². The van der Waals surface area contributed by atoms with E-state index in [0.717, 1.165) is 11.6 Å². The van der Waals surface area contributed by atoms with Crippen LogP contribution >= 0.6 is 11.8 Å². The topological polar surface area (TPSA) is 24.7 Å². The third kappa shape index (κ3) is 1.82. The molecule has 0 fully saturated rings. The summed E-state index contributed by atoms with van der Waals surface area (Å²) in [5, 5.41) is 1.05. The molecule has 1 atom stereocenters. The fraction of sp³-hybridized carbons (Fsp3) is 0.667. The van der Waals surface area contributed by atoms with Gasteiger partial charge >= 0.3 is 0 Å². The Balaban J connectivity index is 2.52. The molecule has 0 aromatic carbocycles. The quantitative estimate of drug-likeness (QED) is 0.499. The van der Waals surface area contributed by atoms with Crippen molar-refractivity contribution in [1.82, 2.24) is 0 Å². The maximum atomic E-state index is 4.26. The van der Waals surface area contributed by atoms with Crippen LogP contribution < -0.4 is 0 Å². The van der Waals surface area contributed by atoms with E-state index in [1.807, 2.05) is 12.5 Å². The van der Waals surface area contributed by atoms with E-state index in [4.69, 9.17) is 0 Å². The molecule has 0 aliphatic carbocycles. The molecular formula is C6H10N2S. The van der Waals surface area contributed by atoms with Crippen molar-refractivity contribution >= 4 is 23.0 Å².